The van der Waals surface area contributed by atoms with E-state index in [0.717, 1.165) is 18.3 Å². The van der Waals surface area contributed by atoms with E-state index in [0.29, 0.717) is 39.9 Å². The number of hydrogen-bond donors (Lipinski definition) is 4. The molecule has 6 N–H and O–H groups in total. The van der Waals surface area contributed by atoms with Crippen LogP contribution in [-0.4, -0.2) is 41.5 Å². The molecule has 9 heteroatoms. The van der Waals surface area contributed by atoms with Crippen molar-refractivity contribution in [3.05, 3.63) is 76.5 Å². The van der Waals surface area contributed by atoms with Gasteiger partial charge in [-0.2, -0.15) is 0 Å². The number of benzene rings is 1. The third kappa shape index (κ3) is 6.03. The topological polar surface area (TPSA) is 126 Å². The molecule has 0 bridgehead atoms. The molecule has 0 saturated carbocycles. The summed E-state index contributed by atoms with van der Waals surface area (Å²) < 4.78 is 14.3. The molecule has 2 heterocycles. The zero-order valence-electron chi connectivity index (χ0n) is 19.0. The number of pyridine rings is 2. The summed E-state index contributed by atoms with van der Waals surface area (Å²) in [6, 6.07) is 9.78. The molecule has 0 saturated heterocycles. The molecule has 3 aromatic rings. The van der Waals surface area contributed by atoms with Crippen molar-refractivity contribution < 1.29 is 4.39 Å². The SMILES string of the molecule is CC(C)NCCN=CC(=CN)c1cnc2ccc(C(C=N)=C(N)c3cc(Cl)ccc3F)nc2c1. The zero-order chi connectivity index (χ0) is 24.7. The van der Waals surface area contributed by atoms with E-state index in [1.807, 2.05) is 6.07 Å². The molecule has 3 rings (SSSR count). The molecule has 0 atom stereocenters. The van der Waals surface area contributed by atoms with E-state index in [2.05, 4.69) is 34.1 Å². The smallest absolute Gasteiger partial charge is 0.132 e. The predicted octanol–water partition coefficient (Wildman–Crippen LogP) is 4.27. The van der Waals surface area contributed by atoms with E-state index in [4.69, 9.17) is 28.5 Å². The first kappa shape index (κ1) is 25.0. The molecule has 0 amide bonds. The highest BCUT2D eigenvalue weighted by Gasteiger charge is 2.14. The number of aliphatic imine (C=N–C) groups is 1. The summed E-state index contributed by atoms with van der Waals surface area (Å²) in [7, 11) is 0. The Labute approximate surface area is 203 Å². The molecular weight excluding hydrogens is 453 g/mol. The second-order valence-corrected chi connectivity index (χ2v) is 8.26. The summed E-state index contributed by atoms with van der Waals surface area (Å²) in [5.74, 6) is -0.536. The Bertz CT molecular complexity index is 1280. The van der Waals surface area contributed by atoms with Crippen molar-refractivity contribution in [1.82, 2.24) is 15.3 Å². The average molecular weight is 480 g/mol. The summed E-state index contributed by atoms with van der Waals surface area (Å²) in [6.07, 6.45) is 5.92. The highest BCUT2D eigenvalue weighted by atomic mass is 35.5. The van der Waals surface area contributed by atoms with Gasteiger partial charge in [0, 0.05) is 64.7 Å². The van der Waals surface area contributed by atoms with Gasteiger partial charge in [0.05, 0.1) is 29.0 Å². The molecule has 0 aliphatic carbocycles. The maximum Gasteiger partial charge on any atom is 0.132 e. The molecule has 0 fully saturated rings. The van der Waals surface area contributed by atoms with Crippen molar-refractivity contribution in [3.63, 3.8) is 0 Å². The Balaban J connectivity index is 1.96. The largest absolute Gasteiger partial charge is 0.404 e. The molecule has 0 radical (unpaired) electrons. The van der Waals surface area contributed by atoms with Gasteiger partial charge in [-0.15, -0.1) is 0 Å². The molecular formula is C25H27ClFN7. The lowest BCUT2D eigenvalue weighted by Gasteiger charge is -2.10. The normalized spacial score (nSPS) is 13.0. The van der Waals surface area contributed by atoms with Crippen LogP contribution in [0.1, 0.15) is 30.7 Å². The zero-order valence-corrected chi connectivity index (χ0v) is 19.8. The van der Waals surface area contributed by atoms with Crippen LogP contribution in [0.15, 0.2) is 53.8 Å². The van der Waals surface area contributed by atoms with Crippen LogP contribution >= 0.6 is 11.6 Å². The molecule has 0 aliphatic heterocycles. The van der Waals surface area contributed by atoms with Crippen molar-refractivity contribution >= 4 is 51.9 Å². The van der Waals surface area contributed by atoms with Crippen LogP contribution in [0.4, 0.5) is 4.39 Å². The van der Waals surface area contributed by atoms with Crippen LogP contribution in [0.2, 0.25) is 5.02 Å². The van der Waals surface area contributed by atoms with E-state index in [-0.39, 0.29) is 16.8 Å². The van der Waals surface area contributed by atoms with Crippen molar-refractivity contribution in [1.29, 1.82) is 5.41 Å². The number of aromatic nitrogens is 2. The van der Waals surface area contributed by atoms with Gasteiger partial charge in [-0.3, -0.25) is 9.98 Å². The number of rotatable bonds is 9. The summed E-state index contributed by atoms with van der Waals surface area (Å²) in [5.41, 5.74) is 15.6. The Morgan fingerprint density at radius 2 is 2.03 bits per heavy atom. The molecule has 176 valence electrons. The first-order chi connectivity index (χ1) is 16.3. The highest BCUT2D eigenvalue weighted by Crippen LogP contribution is 2.26. The molecule has 7 nitrogen and oxygen atoms in total. The third-order valence-electron chi connectivity index (χ3n) is 5.00. The maximum absolute atomic E-state index is 14.3. The van der Waals surface area contributed by atoms with Crippen LogP contribution < -0.4 is 16.8 Å². The monoisotopic (exact) mass is 479 g/mol. The van der Waals surface area contributed by atoms with E-state index >= 15 is 0 Å². The molecule has 0 aliphatic rings. The second kappa shape index (κ2) is 11.5. The predicted molar refractivity (Wildman–Crippen MR) is 139 cm³/mol. The standard InChI is InChI=1S/C25H27ClFN7/c1-15(2)32-8-7-31-13-17(11-28)16-9-24-23(33-14-16)6-5-22(34-24)20(12-29)25(30)19-10-18(26)3-4-21(19)27/h3-6,9-15,29,32H,7-8,28,30H2,1-2H3. The van der Waals surface area contributed by atoms with Gasteiger partial charge in [0.15, 0.2) is 0 Å². The van der Waals surface area contributed by atoms with Crippen molar-refractivity contribution in [2.45, 2.75) is 19.9 Å². The highest BCUT2D eigenvalue weighted by molar-refractivity contribution is 6.31. The lowest BCUT2D eigenvalue weighted by molar-refractivity contribution is 0.597. The first-order valence-electron chi connectivity index (χ1n) is 10.7. The van der Waals surface area contributed by atoms with Gasteiger partial charge in [0.2, 0.25) is 0 Å². The summed E-state index contributed by atoms with van der Waals surface area (Å²) >= 11 is 6.01. The molecule has 2 aromatic heterocycles. The van der Waals surface area contributed by atoms with Crippen LogP contribution in [0, 0.1) is 11.2 Å². The average Bonchev–Trinajstić information content (AvgIpc) is 2.82. The molecule has 34 heavy (non-hydrogen) atoms. The Morgan fingerprint density at radius 3 is 2.74 bits per heavy atom. The van der Waals surface area contributed by atoms with Gasteiger partial charge in [-0.05, 0) is 36.4 Å². The fraction of sp³-hybridized carbons (Fsp3) is 0.200. The van der Waals surface area contributed by atoms with Gasteiger partial charge in [0.25, 0.3) is 0 Å². The fourth-order valence-corrected chi connectivity index (χ4v) is 3.42. The van der Waals surface area contributed by atoms with Crippen molar-refractivity contribution in [2.24, 2.45) is 16.5 Å². The molecule has 0 unspecified atom stereocenters. The van der Waals surface area contributed by atoms with E-state index < -0.39 is 5.82 Å². The summed E-state index contributed by atoms with van der Waals surface area (Å²) in [4.78, 5) is 13.5. The fourth-order valence-electron chi connectivity index (χ4n) is 3.25. The minimum atomic E-state index is -0.536. The lowest BCUT2D eigenvalue weighted by Crippen LogP contribution is -2.25. The van der Waals surface area contributed by atoms with E-state index in [9.17, 15) is 4.39 Å². The number of nitrogens with zero attached hydrogens (tertiary/aromatic N) is 3. The number of allylic oxidation sites excluding steroid dienone is 2. The van der Waals surface area contributed by atoms with Gasteiger partial charge in [-0.1, -0.05) is 25.4 Å². The first-order valence-corrected chi connectivity index (χ1v) is 11.1. The summed E-state index contributed by atoms with van der Waals surface area (Å²) in [6.45, 7) is 5.54. The van der Waals surface area contributed by atoms with E-state index in [1.165, 1.54) is 24.4 Å². The van der Waals surface area contributed by atoms with Gasteiger partial charge >= 0.3 is 0 Å². The van der Waals surface area contributed by atoms with Crippen LogP contribution in [0.25, 0.3) is 27.9 Å². The van der Waals surface area contributed by atoms with Gasteiger partial charge in [0.1, 0.15) is 5.82 Å². The van der Waals surface area contributed by atoms with Crippen LogP contribution in [0.5, 0.6) is 0 Å². The third-order valence-corrected chi connectivity index (χ3v) is 5.24. The Hall–Kier alpha value is -3.62. The van der Waals surface area contributed by atoms with Crippen LogP contribution in [-0.2, 0) is 0 Å². The molecule has 0 spiro atoms. The lowest BCUT2D eigenvalue weighted by atomic mass is 10.0. The van der Waals surface area contributed by atoms with Crippen LogP contribution in [0.3, 0.4) is 0 Å². The van der Waals surface area contributed by atoms with Crippen molar-refractivity contribution in [2.75, 3.05) is 13.1 Å². The number of nitrogens with one attached hydrogen (secondary N) is 2. The summed E-state index contributed by atoms with van der Waals surface area (Å²) in [5, 5.41) is 11.5. The number of halogens is 2. The van der Waals surface area contributed by atoms with Gasteiger partial charge in [-0.25, -0.2) is 9.37 Å². The van der Waals surface area contributed by atoms with E-state index in [1.54, 1.807) is 24.5 Å². The van der Waals surface area contributed by atoms with Gasteiger partial charge < -0.3 is 22.2 Å². The minimum absolute atomic E-state index is 0.0654. The minimum Gasteiger partial charge on any atom is -0.404 e. The quantitative estimate of drug-likeness (QED) is 0.269. The Morgan fingerprint density at radius 1 is 1.24 bits per heavy atom. The second-order valence-electron chi connectivity index (χ2n) is 7.82. The molecule has 1 aromatic carbocycles. The maximum atomic E-state index is 14.3. The Kier molecular flexibility index (Phi) is 8.45. The number of nitrogens with two attached hydrogens (primary N) is 2. The number of hydrogen-bond acceptors (Lipinski definition) is 7. The van der Waals surface area contributed by atoms with Crippen molar-refractivity contribution in [3.8, 4) is 0 Å². The number of fused-ring (bicyclic) bond motifs is 1.